The van der Waals surface area contributed by atoms with Crippen LogP contribution in [-0.4, -0.2) is 25.8 Å². The van der Waals surface area contributed by atoms with E-state index in [1.807, 2.05) is 37.3 Å². The second-order valence-corrected chi connectivity index (χ2v) is 11.9. The fraction of sp³-hybridized carbons (Fsp3) is 0.125. The van der Waals surface area contributed by atoms with Gasteiger partial charge in [0.15, 0.2) is 0 Å². The van der Waals surface area contributed by atoms with Gasteiger partial charge < -0.3 is 5.11 Å². The highest BCUT2D eigenvalue weighted by Crippen LogP contribution is 2.45. The highest BCUT2D eigenvalue weighted by molar-refractivity contribution is 8.03. The molecule has 2 aromatic carbocycles. The maximum absolute atomic E-state index is 13.0. The number of aliphatic imine (C=N–C) groups is 1. The van der Waals surface area contributed by atoms with Crippen molar-refractivity contribution in [2.24, 2.45) is 10.9 Å². The molecule has 1 aliphatic heterocycles. The van der Waals surface area contributed by atoms with E-state index in [1.54, 1.807) is 36.5 Å². The predicted octanol–water partition coefficient (Wildman–Crippen LogP) is 5.89. The number of hydrogen-bond donors (Lipinski definition) is 2. The van der Waals surface area contributed by atoms with Crippen LogP contribution < -0.4 is 4.72 Å². The number of aromatic hydroxyl groups is 1. The molecule has 0 amide bonds. The Hall–Kier alpha value is -2.81. The topological polar surface area (TPSA) is 78.8 Å². The lowest BCUT2D eigenvalue weighted by Gasteiger charge is -2.26. The summed E-state index contributed by atoms with van der Waals surface area (Å²) in [4.78, 5) is 7.09. The minimum Gasteiger partial charge on any atom is -0.506 e. The standard InChI is InChI=1S/C24H20N2O3S3/c1-15-11-12-22(30-15)32(28,29)26-19-14-21(24(27)18-9-3-2-8-17(18)19)31-20-10-4-6-16-7-5-13-25-23(16)20/h2-14,16,23,26-27H,1H3. The van der Waals surface area contributed by atoms with Crippen molar-refractivity contribution in [1.29, 1.82) is 0 Å². The molecule has 0 spiro atoms. The van der Waals surface area contributed by atoms with Gasteiger partial charge in [-0.3, -0.25) is 9.71 Å². The van der Waals surface area contributed by atoms with Crippen molar-refractivity contribution in [3.05, 3.63) is 82.6 Å². The number of phenolic OH excluding ortho intramolecular Hbond substituents is 1. The van der Waals surface area contributed by atoms with Gasteiger partial charge in [0, 0.05) is 32.7 Å². The number of thiophene rings is 1. The van der Waals surface area contributed by atoms with Crippen molar-refractivity contribution in [1.82, 2.24) is 0 Å². The Morgan fingerprint density at radius 3 is 2.66 bits per heavy atom. The van der Waals surface area contributed by atoms with Crippen LogP contribution in [0.4, 0.5) is 5.69 Å². The smallest absolute Gasteiger partial charge is 0.271 e. The van der Waals surface area contributed by atoms with Crippen LogP contribution in [0.3, 0.4) is 0 Å². The molecule has 2 atom stereocenters. The molecule has 1 aliphatic carbocycles. The average Bonchev–Trinajstić information content (AvgIpc) is 3.24. The summed E-state index contributed by atoms with van der Waals surface area (Å²) in [6, 6.07) is 12.3. The van der Waals surface area contributed by atoms with E-state index in [-0.39, 0.29) is 21.9 Å². The molecule has 5 nitrogen and oxygen atoms in total. The van der Waals surface area contributed by atoms with Crippen molar-refractivity contribution < 1.29 is 13.5 Å². The van der Waals surface area contributed by atoms with Gasteiger partial charge in [-0.15, -0.1) is 11.3 Å². The maximum atomic E-state index is 13.0. The molecule has 0 saturated heterocycles. The highest BCUT2D eigenvalue weighted by Gasteiger charge is 2.26. The van der Waals surface area contributed by atoms with E-state index in [1.165, 1.54) is 23.1 Å². The first-order valence-electron chi connectivity index (χ1n) is 10.0. The van der Waals surface area contributed by atoms with Gasteiger partial charge in [0.25, 0.3) is 10.0 Å². The Balaban J connectivity index is 1.57. The summed E-state index contributed by atoms with van der Waals surface area (Å²) >= 11 is 2.64. The zero-order valence-corrected chi connectivity index (χ0v) is 19.5. The number of anilines is 1. The van der Waals surface area contributed by atoms with Crippen LogP contribution in [0.2, 0.25) is 0 Å². The molecule has 0 radical (unpaired) electrons. The van der Waals surface area contributed by atoms with Gasteiger partial charge in [0.2, 0.25) is 0 Å². The summed E-state index contributed by atoms with van der Waals surface area (Å²) in [6.07, 6.45) is 11.9. The normalized spacial score (nSPS) is 19.7. The molecule has 2 heterocycles. The monoisotopic (exact) mass is 480 g/mol. The lowest BCUT2D eigenvalue weighted by Crippen LogP contribution is -2.21. The van der Waals surface area contributed by atoms with Crippen molar-refractivity contribution >= 4 is 55.8 Å². The highest BCUT2D eigenvalue weighted by atomic mass is 32.2. The minimum atomic E-state index is -3.75. The van der Waals surface area contributed by atoms with E-state index >= 15 is 0 Å². The van der Waals surface area contributed by atoms with Crippen molar-refractivity contribution in [3.8, 4) is 5.75 Å². The van der Waals surface area contributed by atoms with Crippen LogP contribution in [0.15, 0.2) is 91.8 Å². The number of thioether (sulfide) groups is 1. The summed E-state index contributed by atoms with van der Waals surface area (Å²) in [5.41, 5.74) is 0.433. The summed E-state index contributed by atoms with van der Waals surface area (Å²) in [6.45, 7) is 1.87. The average molecular weight is 481 g/mol. The zero-order valence-electron chi connectivity index (χ0n) is 17.1. The number of dihydropyridines is 1. The maximum Gasteiger partial charge on any atom is 0.271 e. The van der Waals surface area contributed by atoms with Crippen LogP contribution >= 0.6 is 23.1 Å². The number of rotatable bonds is 5. The molecule has 1 aromatic heterocycles. The lowest BCUT2D eigenvalue weighted by molar-refractivity contribution is 0.469. The van der Waals surface area contributed by atoms with Gasteiger partial charge in [-0.25, -0.2) is 8.42 Å². The summed E-state index contributed by atoms with van der Waals surface area (Å²) in [5.74, 6) is 0.304. The third-order valence-corrected chi connectivity index (χ3v) is 9.35. The molecule has 3 aromatic rings. The second kappa shape index (κ2) is 8.27. The van der Waals surface area contributed by atoms with E-state index in [4.69, 9.17) is 0 Å². The molecule has 5 rings (SSSR count). The fourth-order valence-electron chi connectivity index (χ4n) is 3.80. The van der Waals surface area contributed by atoms with Crippen molar-refractivity contribution in [2.45, 2.75) is 22.1 Å². The van der Waals surface area contributed by atoms with Gasteiger partial charge in [0.1, 0.15) is 9.96 Å². The molecular formula is C24H20N2O3S3. The second-order valence-electron chi connectivity index (χ2n) is 7.55. The lowest BCUT2D eigenvalue weighted by atomic mass is 9.93. The third-order valence-electron chi connectivity index (χ3n) is 5.35. The van der Waals surface area contributed by atoms with Crippen LogP contribution in [0.5, 0.6) is 5.75 Å². The van der Waals surface area contributed by atoms with Gasteiger partial charge in [-0.05, 0) is 31.2 Å². The van der Waals surface area contributed by atoms with E-state index in [0.29, 0.717) is 21.4 Å². The van der Waals surface area contributed by atoms with E-state index in [2.05, 4.69) is 21.9 Å². The molecule has 2 N–H and O–H groups in total. The fourth-order valence-corrected chi connectivity index (χ4v) is 7.28. The van der Waals surface area contributed by atoms with Gasteiger partial charge in [-0.2, -0.15) is 0 Å². The molecule has 2 aliphatic rings. The molecule has 0 fully saturated rings. The molecule has 32 heavy (non-hydrogen) atoms. The van der Waals surface area contributed by atoms with Crippen molar-refractivity contribution in [3.63, 3.8) is 0 Å². The Kier molecular flexibility index (Phi) is 5.44. The predicted molar refractivity (Wildman–Crippen MR) is 133 cm³/mol. The summed E-state index contributed by atoms with van der Waals surface area (Å²) in [5, 5.41) is 12.3. The number of phenols is 1. The van der Waals surface area contributed by atoms with Gasteiger partial charge in [-0.1, -0.05) is 60.3 Å². The number of nitrogens with zero attached hydrogens (tertiary/aromatic N) is 1. The van der Waals surface area contributed by atoms with Gasteiger partial charge >= 0.3 is 0 Å². The van der Waals surface area contributed by atoms with E-state index < -0.39 is 10.0 Å². The van der Waals surface area contributed by atoms with Crippen LogP contribution in [-0.2, 0) is 10.0 Å². The number of nitrogens with one attached hydrogen (secondary N) is 1. The quantitative estimate of drug-likeness (QED) is 0.447. The Morgan fingerprint density at radius 2 is 1.88 bits per heavy atom. The largest absolute Gasteiger partial charge is 0.506 e. The molecular weight excluding hydrogens is 460 g/mol. The first-order chi connectivity index (χ1) is 15.4. The molecule has 8 heteroatoms. The SMILES string of the molecule is Cc1ccc(S(=O)(=O)Nc2cc(SC3=CC=CC4C=CC=NC34)c(O)c3ccccc23)s1. The van der Waals surface area contributed by atoms with E-state index in [0.717, 1.165) is 9.78 Å². The number of aryl methyl sites for hydroxylation is 1. The Labute approximate surface area is 195 Å². The minimum absolute atomic E-state index is 0.0462. The molecule has 0 saturated carbocycles. The van der Waals surface area contributed by atoms with E-state index in [9.17, 15) is 13.5 Å². The summed E-state index contributed by atoms with van der Waals surface area (Å²) < 4.78 is 29.0. The van der Waals surface area contributed by atoms with Crippen LogP contribution in [0.1, 0.15) is 4.88 Å². The number of allylic oxidation sites excluding steroid dienone is 3. The molecule has 162 valence electrons. The Morgan fingerprint density at radius 1 is 1.09 bits per heavy atom. The van der Waals surface area contributed by atoms with Crippen LogP contribution in [0.25, 0.3) is 10.8 Å². The summed E-state index contributed by atoms with van der Waals surface area (Å²) in [7, 11) is -3.75. The number of sulfonamides is 1. The van der Waals surface area contributed by atoms with Crippen molar-refractivity contribution in [2.75, 3.05) is 4.72 Å². The zero-order chi connectivity index (χ0) is 22.3. The first-order valence-corrected chi connectivity index (χ1v) is 13.1. The Bertz CT molecular complexity index is 1430. The third kappa shape index (κ3) is 3.90. The number of fused-ring (bicyclic) bond motifs is 2. The molecule has 2 unspecified atom stereocenters. The number of hydrogen-bond acceptors (Lipinski definition) is 6. The van der Waals surface area contributed by atoms with Crippen LogP contribution in [0, 0.1) is 12.8 Å². The van der Waals surface area contributed by atoms with Gasteiger partial charge in [0.05, 0.1) is 16.6 Å². The number of benzene rings is 2. The first kappa shape index (κ1) is 21.1. The molecule has 0 bridgehead atoms.